The van der Waals surface area contributed by atoms with Crippen molar-refractivity contribution in [3.63, 3.8) is 0 Å². The lowest BCUT2D eigenvalue weighted by atomic mass is 10.0. The molecule has 0 amide bonds. The Morgan fingerprint density at radius 3 is 1.30 bits per heavy atom. The molecule has 1 heterocycles. The van der Waals surface area contributed by atoms with Crippen LogP contribution in [-0.2, 0) is 33.8 Å². The minimum Gasteiger partial charge on any atom is -0.462 e. The van der Waals surface area contributed by atoms with Crippen molar-refractivity contribution in [2.45, 2.75) is 270 Å². The molecule has 1 rings (SSSR count). The van der Waals surface area contributed by atoms with Crippen molar-refractivity contribution < 1.29 is 32.2 Å². The van der Waals surface area contributed by atoms with E-state index in [1.165, 1.54) is 96.3 Å². The van der Waals surface area contributed by atoms with E-state index < -0.39 is 15.3 Å². The molecule has 60 heavy (non-hydrogen) atoms. The highest BCUT2D eigenvalue weighted by Gasteiger charge is 2.32. The van der Waals surface area contributed by atoms with Crippen LogP contribution in [0.2, 0.25) is 0 Å². The SMILES string of the molecule is CCCCCCCCC(CC)OC(=O)CCCCCCCN(CCCCCCCC(=O)OC(CCCCCCCC)CCCCCCCC)CCCNS(=O)(=O)C1COC1. The van der Waals surface area contributed by atoms with Crippen molar-refractivity contribution >= 4 is 22.0 Å². The zero-order chi connectivity index (χ0) is 43.8. The number of esters is 2. The van der Waals surface area contributed by atoms with Crippen molar-refractivity contribution in [2.24, 2.45) is 0 Å². The lowest BCUT2D eigenvalue weighted by molar-refractivity contribution is -0.150. The average molecular weight is 871 g/mol. The van der Waals surface area contributed by atoms with Gasteiger partial charge in [-0.15, -0.1) is 0 Å². The van der Waals surface area contributed by atoms with Gasteiger partial charge in [0, 0.05) is 19.4 Å². The van der Waals surface area contributed by atoms with Crippen molar-refractivity contribution in [3.8, 4) is 0 Å². The summed E-state index contributed by atoms with van der Waals surface area (Å²) in [7, 11) is -3.29. The van der Waals surface area contributed by atoms with Crippen LogP contribution in [-0.4, -0.2) is 82.1 Å². The Morgan fingerprint density at radius 2 is 0.883 bits per heavy atom. The van der Waals surface area contributed by atoms with E-state index >= 15 is 0 Å². The van der Waals surface area contributed by atoms with Gasteiger partial charge in [0.05, 0.1) is 13.2 Å². The topological polar surface area (TPSA) is 111 Å². The smallest absolute Gasteiger partial charge is 0.306 e. The zero-order valence-electron chi connectivity index (χ0n) is 39.9. The van der Waals surface area contributed by atoms with Crippen LogP contribution in [0.3, 0.4) is 0 Å². The molecular weight excluding hydrogens is 773 g/mol. The fourth-order valence-electron chi connectivity index (χ4n) is 8.19. The summed E-state index contributed by atoms with van der Waals surface area (Å²) in [6, 6.07) is 0. The molecule has 1 atom stereocenters. The van der Waals surface area contributed by atoms with E-state index in [1.807, 2.05) is 0 Å². The van der Waals surface area contributed by atoms with Gasteiger partial charge in [0.25, 0.3) is 0 Å². The molecule has 1 aliphatic heterocycles. The zero-order valence-corrected chi connectivity index (χ0v) is 40.8. The van der Waals surface area contributed by atoms with Crippen LogP contribution in [0.25, 0.3) is 0 Å². The van der Waals surface area contributed by atoms with E-state index in [9.17, 15) is 18.0 Å². The number of nitrogens with one attached hydrogen (secondary N) is 1. The van der Waals surface area contributed by atoms with Crippen molar-refractivity contribution in [1.82, 2.24) is 9.62 Å². The van der Waals surface area contributed by atoms with Crippen LogP contribution in [0.5, 0.6) is 0 Å². The van der Waals surface area contributed by atoms with E-state index in [2.05, 4.69) is 37.3 Å². The second-order valence-electron chi connectivity index (χ2n) is 18.1. The summed E-state index contributed by atoms with van der Waals surface area (Å²) in [5.74, 6) is -0.0434. The van der Waals surface area contributed by atoms with E-state index in [1.54, 1.807) is 0 Å². The highest BCUT2D eigenvalue weighted by Crippen LogP contribution is 2.19. The van der Waals surface area contributed by atoms with Gasteiger partial charge in [-0.2, -0.15) is 0 Å². The maximum Gasteiger partial charge on any atom is 0.306 e. The molecule has 0 aromatic heterocycles. The second kappa shape index (κ2) is 40.5. The first-order chi connectivity index (χ1) is 29.2. The molecule has 1 fully saturated rings. The minimum absolute atomic E-state index is 0.00698. The van der Waals surface area contributed by atoms with Gasteiger partial charge in [-0.1, -0.05) is 163 Å². The summed E-state index contributed by atoms with van der Waals surface area (Å²) in [4.78, 5) is 27.8. The Hall–Kier alpha value is -1.23. The summed E-state index contributed by atoms with van der Waals surface area (Å²) in [5, 5.41) is -0.410. The van der Waals surface area contributed by atoms with Gasteiger partial charge in [0.1, 0.15) is 17.5 Å². The fourth-order valence-corrected chi connectivity index (χ4v) is 9.40. The van der Waals surface area contributed by atoms with Gasteiger partial charge in [0.15, 0.2) is 0 Å². The Bertz CT molecular complexity index is 1070. The largest absolute Gasteiger partial charge is 0.462 e. The lowest BCUT2D eigenvalue weighted by Crippen LogP contribution is -2.47. The molecule has 0 spiro atoms. The van der Waals surface area contributed by atoms with E-state index in [0.717, 1.165) is 135 Å². The molecule has 1 aliphatic rings. The molecule has 0 bridgehead atoms. The van der Waals surface area contributed by atoms with Gasteiger partial charge in [-0.05, 0) is 96.7 Å². The van der Waals surface area contributed by atoms with Crippen molar-refractivity contribution in [1.29, 1.82) is 0 Å². The third-order valence-electron chi connectivity index (χ3n) is 12.4. The van der Waals surface area contributed by atoms with Crippen LogP contribution >= 0.6 is 0 Å². The summed E-state index contributed by atoms with van der Waals surface area (Å²) < 4.78 is 44.6. The number of hydrogen-bond donors (Lipinski definition) is 1. The lowest BCUT2D eigenvalue weighted by Gasteiger charge is -2.26. The highest BCUT2D eigenvalue weighted by molar-refractivity contribution is 7.90. The highest BCUT2D eigenvalue weighted by atomic mass is 32.2. The molecule has 356 valence electrons. The first-order valence-electron chi connectivity index (χ1n) is 25.9. The summed E-state index contributed by atoms with van der Waals surface area (Å²) >= 11 is 0. The molecule has 0 radical (unpaired) electrons. The number of carbonyl (C=O) groups is 2. The summed E-state index contributed by atoms with van der Waals surface area (Å²) in [5.41, 5.74) is 0. The molecule has 0 saturated carbocycles. The maximum absolute atomic E-state index is 12.9. The Balaban J connectivity index is 2.37. The first kappa shape index (κ1) is 56.8. The number of unbranched alkanes of at least 4 members (excludes halogenated alkanes) is 23. The maximum atomic E-state index is 12.9. The van der Waals surface area contributed by atoms with Crippen molar-refractivity contribution in [2.75, 3.05) is 39.4 Å². The number of sulfonamides is 1. The third-order valence-corrected chi connectivity index (χ3v) is 14.2. The molecule has 0 aromatic rings. The second-order valence-corrected chi connectivity index (χ2v) is 20.2. The van der Waals surface area contributed by atoms with Gasteiger partial charge < -0.3 is 19.1 Å². The predicted molar refractivity (Wildman–Crippen MR) is 252 cm³/mol. The van der Waals surface area contributed by atoms with Gasteiger partial charge in [-0.3, -0.25) is 9.59 Å². The van der Waals surface area contributed by atoms with Crippen LogP contribution in [0, 0.1) is 0 Å². The number of carbonyl (C=O) groups excluding carboxylic acids is 2. The first-order valence-corrected chi connectivity index (χ1v) is 27.5. The van der Waals surface area contributed by atoms with E-state index in [4.69, 9.17) is 14.2 Å². The van der Waals surface area contributed by atoms with Gasteiger partial charge >= 0.3 is 11.9 Å². The molecule has 1 unspecified atom stereocenters. The number of nitrogens with zero attached hydrogens (tertiary/aromatic N) is 1. The predicted octanol–water partition coefficient (Wildman–Crippen LogP) is 13.2. The normalized spacial score (nSPS) is 13.9. The molecular formula is C50H98N2O7S. The molecule has 0 aliphatic carbocycles. The van der Waals surface area contributed by atoms with Gasteiger partial charge in [0.2, 0.25) is 10.0 Å². The minimum atomic E-state index is -3.29. The summed E-state index contributed by atoms with van der Waals surface area (Å²) in [6.07, 6.45) is 39.2. The standard InChI is InChI=1S/C50H98N2O7S/c1-5-9-12-15-20-27-35-46(8-4)58-49(53)38-30-23-18-25-32-41-52(43-34-40-51-60(55,56)48-44-57-45-48)42-33-26-19-24-31-39-50(54)59-47(36-28-21-16-13-10-6-2)37-29-22-17-14-11-7-3/h46-48,51H,5-45H2,1-4H3. The molecule has 0 aromatic carbocycles. The van der Waals surface area contributed by atoms with E-state index in [0.29, 0.717) is 32.6 Å². The molecule has 1 saturated heterocycles. The number of ether oxygens (including phenoxy) is 3. The fraction of sp³-hybridized carbons (Fsp3) is 0.960. The number of rotatable bonds is 46. The summed E-state index contributed by atoms with van der Waals surface area (Å²) in [6.45, 7) is 12.8. The monoisotopic (exact) mass is 871 g/mol. The number of hydrogen-bond acceptors (Lipinski definition) is 8. The van der Waals surface area contributed by atoms with Crippen molar-refractivity contribution in [3.05, 3.63) is 0 Å². The van der Waals surface area contributed by atoms with Crippen LogP contribution in [0.15, 0.2) is 0 Å². The van der Waals surface area contributed by atoms with E-state index in [-0.39, 0.29) is 24.1 Å². The van der Waals surface area contributed by atoms with Crippen LogP contribution in [0.1, 0.15) is 252 Å². The Labute approximate surface area is 371 Å². The molecule has 10 heteroatoms. The molecule has 9 nitrogen and oxygen atoms in total. The Morgan fingerprint density at radius 1 is 0.517 bits per heavy atom. The van der Waals surface area contributed by atoms with Crippen LogP contribution in [0.4, 0.5) is 0 Å². The molecule has 1 N–H and O–H groups in total. The Kier molecular flexibility index (Phi) is 38.4. The third kappa shape index (κ3) is 33.3. The van der Waals surface area contributed by atoms with Gasteiger partial charge in [-0.25, -0.2) is 13.1 Å². The average Bonchev–Trinajstić information content (AvgIpc) is 3.20. The van der Waals surface area contributed by atoms with Crippen LogP contribution < -0.4 is 4.72 Å². The quantitative estimate of drug-likeness (QED) is 0.0475.